The van der Waals surface area contributed by atoms with Gasteiger partial charge in [0.15, 0.2) is 0 Å². The highest BCUT2D eigenvalue weighted by Crippen LogP contribution is 2.34. The van der Waals surface area contributed by atoms with Crippen molar-refractivity contribution in [3.8, 4) is 6.07 Å². The molecule has 0 aromatic heterocycles. The number of carbonyl (C=O) groups is 1. The van der Waals surface area contributed by atoms with E-state index in [2.05, 4.69) is 18.3 Å². The number of nitrogens with one attached hydrogen (secondary N) is 1. The predicted molar refractivity (Wildman–Crippen MR) is 79.4 cm³/mol. The summed E-state index contributed by atoms with van der Waals surface area (Å²) >= 11 is 0. The maximum absolute atomic E-state index is 12.8. The van der Waals surface area contributed by atoms with E-state index >= 15 is 0 Å². The summed E-state index contributed by atoms with van der Waals surface area (Å²) in [5.74, 6) is 0.175. The van der Waals surface area contributed by atoms with Crippen LogP contribution in [-0.2, 0) is 4.79 Å². The topological polar surface area (TPSA) is 56.1 Å². The van der Waals surface area contributed by atoms with Crippen LogP contribution in [0.3, 0.4) is 0 Å². The molecule has 1 aliphatic heterocycles. The van der Waals surface area contributed by atoms with Gasteiger partial charge in [-0.1, -0.05) is 13.3 Å². The Labute approximate surface area is 120 Å². The zero-order valence-corrected chi connectivity index (χ0v) is 12.1. The number of nitriles is 1. The van der Waals surface area contributed by atoms with Crippen LogP contribution in [0.5, 0.6) is 0 Å². The molecule has 0 bridgehead atoms. The second kappa shape index (κ2) is 6.06. The van der Waals surface area contributed by atoms with E-state index in [4.69, 9.17) is 5.26 Å². The molecule has 2 rings (SSSR count). The highest BCUT2D eigenvalue weighted by atomic mass is 16.2. The Hall–Kier alpha value is -1.86. The van der Waals surface area contributed by atoms with E-state index in [1.165, 1.54) is 0 Å². The molecule has 1 aromatic rings. The summed E-state index contributed by atoms with van der Waals surface area (Å²) in [7, 11) is 1.82. The van der Waals surface area contributed by atoms with Crippen LogP contribution in [0.4, 0.5) is 5.69 Å². The van der Waals surface area contributed by atoms with Gasteiger partial charge in [0.2, 0.25) is 5.91 Å². The minimum atomic E-state index is -0.266. The van der Waals surface area contributed by atoms with Crippen LogP contribution >= 0.6 is 0 Å². The molecule has 1 N–H and O–H groups in total. The number of rotatable bonds is 4. The van der Waals surface area contributed by atoms with Gasteiger partial charge in [-0.05, 0) is 43.7 Å². The zero-order valence-electron chi connectivity index (χ0n) is 12.1. The lowest BCUT2D eigenvalue weighted by atomic mass is 9.81. The molecule has 4 heteroatoms. The maximum atomic E-state index is 12.8. The van der Waals surface area contributed by atoms with Crippen LogP contribution in [0.15, 0.2) is 24.3 Å². The molecule has 1 aromatic carbocycles. The number of hydrogen-bond acceptors (Lipinski definition) is 3. The summed E-state index contributed by atoms with van der Waals surface area (Å²) in [5, 5.41) is 12.1. The van der Waals surface area contributed by atoms with Gasteiger partial charge in [-0.15, -0.1) is 0 Å². The van der Waals surface area contributed by atoms with Gasteiger partial charge in [-0.2, -0.15) is 5.26 Å². The Balaban J connectivity index is 2.20. The van der Waals surface area contributed by atoms with Gasteiger partial charge in [0.1, 0.15) is 0 Å². The molecule has 1 amide bonds. The molecular formula is C16H21N3O. The number of hydrogen-bond donors (Lipinski definition) is 1. The third kappa shape index (κ3) is 2.68. The molecule has 1 unspecified atom stereocenters. The highest BCUT2D eigenvalue weighted by molar-refractivity contribution is 5.97. The Morgan fingerprint density at radius 1 is 1.45 bits per heavy atom. The molecule has 1 saturated heterocycles. The first kappa shape index (κ1) is 14.5. The van der Waals surface area contributed by atoms with E-state index in [1.807, 2.05) is 19.2 Å². The van der Waals surface area contributed by atoms with Crippen LogP contribution in [0.25, 0.3) is 0 Å². The van der Waals surface area contributed by atoms with E-state index in [1.54, 1.807) is 17.0 Å². The Morgan fingerprint density at radius 2 is 2.15 bits per heavy atom. The lowest BCUT2D eigenvalue weighted by molar-refractivity contribution is -0.127. The van der Waals surface area contributed by atoms with Crippen LogP contribution in [-0.4, -0.2) is 26.0 Å². The minimum Gasteiger partial charge on any atom is -0.316 e. The van der Waals surface area contributed by atoms with Crippen molar-refractivity contribution in [2.24, 2.45) is 5.41 Å². The summed E-state index contributed by atoms with van der Waals surface area (Å²) in [4.78, 5) is 14.6. The van der Waals surface area contributed by atoms with Crippen molar-refractivity contribution >= 4 is 11.6 Å². The molecule has 0 aliphatic carbocycles. The molecule has 4 nitrogen and oxygen atoms in total. The summed E-state index contributed by atoms with van der Waals surface area (Å²) in [6.45, 7) is 3.79. The molecule has 0 radical (unpaired) electrons. The molecular weight excluding hydrogens is 250 g/mol. The molecule has 1 aliphatic rings. The van der Waals surface area contributed by atoms with E-state index in [0.29, 0.717) is 5.56 Å². The molecule has 1 heterocycles. The van der Waals surface area contributed by atoms with Crippen LogP contribution < -0.4 is 10.2 Å². The van der Waals surface area contributed by atoms with Crippen LogP contribution in [0, 0.1) is 16.7 Å². The van der Waals surface area contributed by atoms with E-state index < -0.39 is 0 Å². The monoisotopic (exact) mass is 271 g/mol. The minimum absolute atomic E-state index is 0.175. The van der Waals surface area contributed by atoms with Crippen molar-refractivity contribution in [2.75, 3.05) is 25.0 Å². The molecule has 20 heavy (non-hydrogen) atoms. The molecule has 106 valence electrons. The second-order valence-electron chi connectivity index (χ2n) is 5.48. The Kier molecular flexibility index (Phi) is 4.41. The smallest absolute Gasteiger partial charge is 0.234 e. The van der Waals surface area contributed by atoms with Crippen molar-refractivity contribution in [1.29, 1.82) is 5.26 Å². The van der Waals surface area contributed by atoms with Crippen molar-refractivity contribution in [2.45, 2.75) is 26.2 Å². The fourth-order valence-electron chi connectivity index (χ4n) is 2.96. The number of anilines is 1. The van der Waals surface area contributed by atoms with Gasteiger partial charge in [-0.3, -0.25) is 4.79 Å². The zero-order chi connectivity index (χ0) is 14.6. The normalized spacial score (nSPS) is 21.4. The van der Waals surface area contributed by atoms with Gasteiger partial charge in [0.05, 0.1) is 17.0 Å². The number of amides is 1. The summed E-state index contributed by atoms with van der Waals surface area (Å²) in [6.07, 6.45) is 2.83. The third-order valence-electron chi connectivity index (χ3n) is 4.11. The SMILES string of the molecule is CCCC1(C(=O)N(C)c2ccc(C#N)cc2)CCNC1. The van der Waals surface area contributed by atoms with Crippen LogP contribution in [0.2, 0.25) is 0 Å². The number of benzene rings is 1. The first-order valence-corrected chi connectivity index (χ1v) is 7.12. The summed E-state index contributed by atoms with van der Waals surface area (Å²) in [5.41, 5.74) is 1.19. The Morgan fingerprint density at radius 3 is 2.65 bits per heavy atom. The average Bonchev–Trinajstić information content (AvgIpc) is 2.96. The Bertz CT molecular complexity index is 510. The number of nitrogens with zero attached hydrogens (tertiary/aromatic N) is 2. The van der Waals surface area contributed by atoms with Crippen molar-refractivity contribution in [3.63, 3.8) is 0 Å². The van der Waals surface area contributed by atoms with Crippen molar-refractivity contribution in [3.05, 3.63) is 29.8 Å². The van der Waals surface area contributed by atoms with E-state index in [-0.39, 0.29) is 11.3 Å². The standard InChI is InChI=1S/C16H21N3O/c1-3-8-16(9-10-18-12-16)15(20)19(2)14-6-4-13(11-17)5-7-14/h4-7,18H,3,8-10,12H2,1-2H3. The first-order chi connectivity index (χ1) is 9.63. The lowest BCUT2D eigenvalue weighted by Crippen LogP contribution is -2.43. The van der Waals surface area contributed by atoms with Gasteiger partial charge in [0.25, 0.3) is 0 Å². The third-order valence-corrected chi connectivity index (χ3v) is 4.11. The average molecular weight is 271 g/mol. The fourth-order valence-corrected chi connectivity index (χ4v) is 2.96. The highest BCUT2D eigenvalue weighted by Gasteiger charge is 2.42. The van der Waals surface area contributed by atoms with Gasteiger partial charge >= 0.3 is 0 Å². The molecule has 0 spiro atoms. The largest absolute Gasteiger partial charge is 0.316 e. The number of carbonyl (C=O) groups excluding carboxylic acids is 1. The summed E-state index contributed by atoms with van der Waals surface area (Å²) in [6, 6.07) is 9.25. The van der Waals surface area contributed by atoms with E-state index in [9.17, 15) is 4.79 Å². The van der Waals surface area contributed by atoms with Crippen molar-refractivity contribution < 1.29 is 4.79 Å². The fraction of sp³-hybridized carbons (Fsp3) is 0.500. The molecule has 1 atom stereocenters. The molecule has 0 saturated carbocycles. The van der Waals surface area contributed by atoms with Gasteiger partial charge < -0.3 is 10.2 Å². The van der Waals surface area contributed by atoms with Gasteiger partial charge in [0, 0.05) is 19.3 Å². The molecule has 1 fully saturated rings. The maximum Gasteiger partial charge on any atom is 0.234 e. The van der Waals surface area contributed by atoms with Gasteiger partial charge in [-0.25, -0.2) is 0 Å². The summed E-state index contributed by atoms with van der Waals surface area (Å²) < 4.78 is 0. The van der Waals surface area contributed by atoms with E-state index in [0.717, 1.165) is 38.0 Å². The van der Waals surface area contributed by atoms with Crippen LogP contribution in [0.1, 0.15) is 31.7 Å². The first-order valence-electron chi connectivity index (χ1n) is 7.12. The quantitative estimate of drug-likeness (QED) is 0.914. The second-order valence-corrected chi connectivity index (χ2v) is 5.48. The lowest BCUT2D eigenvalue weighted by Gasteiger charge is -2.31. The predicted octanol–water partition coefficient (Wildman–Crippen LogP) is 2.30. The van der Waals surface area contributed by atoms with Crippen molar-refractivity contribution in [1.82, 2.24) is 5.32 Å².